The molecule has 1 aromatic heterocycles. The normalized spacial score (nSPS) is 10.3. The third-order valence-electron chi connectivity index (χ3n) is 3.20. The van der Waals surface area contributed by atoms with E-state index in [1.165, 1.54) is 6.92 Å². The van der Waals surface area contributed by atoms with E-state index in [0.717, 1.165) is 11.8 Å². The van der Waals surface area contributed by atoms with E-state index < -0.39 is 0 Å². The van der Waals surface area contributed by atoms with Crippen LogP contribution in [0.15, 0.2) is 34.2 Å². The van der Waals surface area contributed by atoms with Crippen molar-refractivity contribution in [2.75, 3.05) is 16.4 Å². The number of carbonyl (C=O) groups excluding carboxylic acids is 2. The molecule has 1 aromatic carbocycles. The minimum atomic E-state index is -0.215. The molecular weight excluding hydrogens is 328 g/mol. The van der Waals surface area contributed by atoms with Gasteiger partial charge < -0.3 is 15.6 Å². The Bertz CT molecular complexity index is 815. The van der Waals surface area contributed by atoms with Crippen molar-refractivity contribution < 1.29 is 9.59 Å². The van der Waals surface area contributed by atoms with Gasteiger partial charge in [0.25, 0.3) is 5.56 Å². The van der Waals surface area contributed by atoms with Crippen LogP contribution in [0.4, 0.5) is 11.4 Å². The number of H-pyrrole nitrogens is 1. The maximum absolute atomic E-state index is 12.0. The summed E-state index contributed by atoms with van der Waals surface area (Å²) >= 11 is 1.16. The Morgan fingerprint density at radius 3 is 2.25 bits per heavy atom. The van der Waals surface area contributed by atoms with Gasteiger partial charge in [-0.3, -0.25) is 14.4 Å². The predicted octanol–water partition coefficient (Wildman–Crippen LogP) is 2.08. The first-order valence-electron chi connectivity index (χ1n) is 7.23. The Morgan fingerprint density at radius 1 is 1.12 bits per heavy atom. The Kier molecular flexibility index (Phi) is 5.75. The van der Waals surface area contributed by atoms with Crippen LogP contribution in [-0.2, 0) is 9.59 Å². The Hall–Kier alpha value is -2.61. The van der Waals surface area contributed by atoms with Gasteiger partial charge >= 0.3 is 0 Å². The second-order valence-electron chi connectivity index (χ2n) is 5.18. The SMILES string of the molecule is CC(=O)Nc1ccc(NC(=O)CSc2nc(C)c(C)c(=O)[nH]2)cc1. The lowest BCUT2D eigenvalue weighted by Gasteiger charge is -2.07. The molecule has 24 heavy (non-hydrogen) atoms. The molecule has 126 valence electrons. The number of nitrogens with one attached hydrogen (secondary N) is 3. The summed E-state index contributed by atoms with van der Waals surface area (Å²) in [6, 6.07) is 6.80. The minimum Gasteiger partial charge on any atom is -0.326 e. The molecule has 0 saturated heterocycles. The van der Waals surface area contributed by atoms with E-state index in [2.05, 4.69) is 20.6 Å². The number of rotatable bonds is 5. The zero-order chi connectivity index (χ0) is 17.7. The van der Waals surface area contributed by atoms with Crippen molar-refractivity contribution in [3.63, 3.8) is 0 Å². The number of anilines is 2. The number of hydrogen-bond donors (Lipinski definition) is 3. The molecule has 0 aliphatic carbocycles. The Morgan fingerprint density at radius 2 is 1.71 bits per heavy atom. The molecular formula is C16H18N4O3S. The van der Waals surface area contributed by atoms with Gasteiger partial charge in [-0.2, -0.15) is 0 Å². The molecule has 0 saturated carbocycles. The first-order chi connectivity index (χ1) is 11.3. The second-order valence-corrected chi connectivity index (χ2v) is 6.14. The average Bonchev–Trinajstić information content (AvgIpc) is 2.52. The molecule has 3 N–H and O–H groups in total. The van der Waals surface area contributed by atoms with Crippen molar-refractivity contribution in [2.45, 2.75) is 25.9 Å². The third kappa shape index (κ3) is 4.95. The van der Waals surface area contributed by atoms with Crippen molar-refractivity contribution in [3.8, 4) is 0 Å². The fourth-order valence-corrected chi connectivity index (χ4v) is 2.57. The van der Waals surface area contributed by atoms with Crippen molar-refractivity contribution >= 4 is 35.0 Å². The van der Waals surface area contributed by atoms with Crippen LogP contribution in [0.2, 0.25) is 0 Å². The van der Waals surface area contributed by atoms with Gasteiger partial charge in [0.05, 0.1) is 5.75 Å². The van der Waals surface area contributed by atoms with Gasteiger partial charge in [-0.15, -0.1) is 0 Å². The van der Waals surface area contributed by atoms with E-state index in [4.69, 9.17) is 0 Å². The molecule has 2 rings (SSSR count). The minimum absolute atomic E-state index is 0.124. The van der Waals surface area contributed by atoms with E-state index >= 15 is 0 Å². The highest BCUT2D eigenvalue weighted by molar-refractivity contribution is 7.99. The van der Waals surface area contributed by atoms with Crippen LogP contribution in [0.3, 0.4) is 0 Å². The zero-order valence-corrected chi connectivity index (χ0v) is 14.4. The second kappa shape index (κ2) is 7.78. The topological polar surface area (TPSA) is 104 Å². The van der Waals surface area contributed by atoms with Crippen molar-refractivity contribution in [3.05, 3.63) is 45.9 Å². The molecule has 0 bridgehead atoms. The molecule has 0 radical (unpaired) electrons. The van der Waals surface area contributed by atoms with Gasteiger partial charge in [-0.25, -0.2) is 4.98 Å². The van der Waals surface area contributed by atoms with Gasteiger partial charge in [-0.1, -0.05) is 11.8 Å². The monoisotopic (exact) mass is 346 g/mol. The average molecular weight is 346 g/mol. The van der Waals surface area contributed by atoms with Gasteiger partial charge in [0.2, 0.25) is 11.8 Å². The van der Waals surface area contributed by atoms with Crippen LogP contribution in [0.1, 0.15) is 18.2 Å². The molecule has 8 heteroatoms. The molecule has 2 aromatic rings. The summed E-state index contributed by atoms with van der Waals surface area (Å²) in [5.74, 6) is -0.245. The van der Waals surface area contributed by atoms with Gasteiger partial charge in [0.1, 0.15) is 0 Å². The van der Waals surface area contributed by atoms with E-state index in [9.17, 15) is 14.4 Å². The Labute approximate surface area is 143 Å². The lowest BCUT2D eigenvalue weighted by atomic mass is 10.3. The summed E-state index contributed by atoms with van der Waals surface area (Å²) in [6.07, 6.45) is 0. The standard InChI is InChI=1S/C16H18N4O3S/c1-9-10(2)17-16(20-15(9)23)24-8-14(22)19-13-6-4-12(5-7-13)18-11(3)21/h4-7H,8H2,1-3H3,(H,18,21)(H,19,22)(H,17,20,23). The highest BCUT2D eigenvalue weighted by atomic mass is 32.2. The van der Waals surface area contributed by atoms with Crippen LogP contribution < -0.4 is 16.2 Å². The number of aromatic amines is 1. The number of hydrogen-bond acceptors (Lipinski definition) is 5. The largest absolute Gasteiger partial charge is 0.326 e. The molecule has 7 nitrogen and oxygen atoms in total. The quantitative estimate of drug-likeness (QED) is 0.568. The van der Waals surface area contributed by atoms with Crippen LogP contribution in [0.25, 0.3) is 0 Å². The molecule has 0 spiro atoms. The number of thioether (sulfide) groups is 1. The van der Waals surface area contributed by atoms with Crippen molar-refractivity contribution in [1.82, 2.24) is 9.97 Å². The summed E-state index contributed by atoms with van der Waals surface area (Å²) in [4.78, 5) is 41.5. The zero-order valence-electron chi connectivity index (χ0n) is 13.6. The summed E-state index contributed by atoms with van der Waals surface area (Å²) < 4.78 is 0. The maximum Gasteiger partial charge on any atom is 0.254 e. The molecule has 0 atom stereocenters. The lowest BCUT2D eigenvalue weighted by molar-refractivity contribution is -0.114. The van der Waals surface area contributed by atoms with Crippen LogP contribution in [0, 0.1) is 13.8 Å². The smallest absolute Gasteiger partial charge is 0.254 e. The number of amides is 2. The van der Waals surface area contributed by atoms with Gasteiger partial charge in [0, 0.05) is 29.6 Å². The lowest BCUT2D eigenvalue weighted by Crippen LogP contribution is -2.17. The highest BCUT2D eigenvalue weighted by Gasteiger charge is 2.08. The highest BCUT2D eigenvalue weighted by Crippen LogP contribution is 2.16. The van der Waals surface area contributed by atoms with Crippen LogP contribution in [0.5, 0.6) is 0 Å². The summed E-state index contributed by atoms with van der Waals surface area (Å²) in [5, 5.41) is 5.81. The molecule has 0 fully saturated rings. The van der Waals surface area contributed by atoms with E-state index in [-0.39, 0.29) is 23.1 Å². The summed E-state index contributed by atoms with van der Waals surface area (Å²) in [6.45, 7) is 4.89. The molecule has 1 heterocycles. The maximum atomic E-state index is 12.0. The van der Waals surface area contributed by atoms with Gasteiger partial charge in [-0.05, 0) is 38.1 Å². The van der Waals surface area contributed by atoms with E-state index in [1.807, 2.05) is 0 Å². The first-order valence-corrected chi connectivity index (χ1v) is 8.21. The van der Waals surface area contributed by atoms with Crippen molar-refractivity contribution in [1.29, 1.82) is 0 Å². The number of carbonyl (C=O) groups is 2. The molecule has 2 amide bonds. The molecule has 0 aliphatic rings. The fraction of sp³-hybridized carbons (Fsp3) is 0.250. The van der Waals surface area contributed by atoms with Crippen LogP contribution >= 0.6 is 11.8 Å². The number of nitrogens with zero attached hydrogens (tertiary/aromatic N) is 1. The van der Waals surface area contributed by atoms with E-state index in [0.29, 0.717) is 27.8 Å². The molecule has 0 aliphatic heterocycles. The van der Waals surface area contributed by atoms with Crippen LogP contribution in [-0.4, -0.2) is 27.5 Å². The third-order valence-corrected chi connectivity index (χ3v) is 4.08. The van der Waals surface area contributed by atoms with Crippen molar-refractivity contribution in [2.24, 2.45) is 0 Å². The number of aryl methyl sites for hydroxylation is 1. The number of aromatic nitrogens is 2. The summed E-state index contributed by atoms with van der Waals surface area (Å²) in [5.41, 5.74) is 2.31. The summed E-state index contributed by atoms with van der Waals surface area (Å²) in [7, 11) is 0. The predicted molar refractivity (Wildman–Crippen MR) is 94.4 cm³/mol. The fourth-order valence-electron chi connectivity index (χ4n) is 1.86. The van der Waals surface area contributed by atoms with Gasteiger partial charge in [0.15, 0.2) is 5.16 Å². The number of benzene rings is 1. The molecule has 0 unspecified atom stereocenters. The Balaban J connectivity index is 1.91. The first kappa shape index (κ1) is 17.7. The van der Waals surface area contributed by atoms with E-state index in [1.54, 1.807) is 38.1 Å².